The molecule has 1 aromatic carbocycles. The van der Waals surface area contributed by atoms with E-state index in [4.69, 9.17) is 9.47 Å². The van der Waals surface area contributed by atoms with Gasteiger partial charge in [0.25, 0.3) is 0 Å². The number of ketones is 1. The maximum absolute atomic E-state index is 12.6. The third-order valence-corrected chi connectivity index (χ3v) is 5.91. The topological polar surface area (TPSA) is 132 Å². The molecule has 162 valence electrons. The normalized spacial score (nSPS) is 12.3. The van der Waals surface area contributed by atoms with E-state index in [1.165, 1.54) is 26.2 Å². The predicted octanol–water partition coefficient (Wildman–Crippen LogP) is 1.82. The number of sulfonamides is 1. The summed E-state index contributed by atoms with van der Waals surface area (Å²) < 4.78 is 36.4. The van der Waals surface area contributed by atoms with Gasteiger partial charge in [0, 0.05) is 5.69 Å². The number of ether oxygens (including phenoxy) is 2. The number of aromatic nitrogens is 1. The van der Waals surface area contributed by atoms with Crippen LogP contribution in [-0.2, 0) is 24.3 Å². The standard InChI is InChI=1S/C20H24N2O7S/c1-11-6-8-15(9-7-11)30(26,27)21-10-16(23)29-14(4)19(24)18-12(2)17(13(3)22-18)20(25)28-5/h6-9,14,21-22H,10H2,1-5H3. The zero-order valence-electron chi connectivity index (χ0n) is 17.4. The van der Waals surface area contributed by atoms with Crippen LogP contribution in [0.25, 0.3) is 0 Å². The lowest BCUT2D eigenvalue weighted by Crippen LogP contribution is -2.34. The first-order chi connectivity index (χ1) is 14.0. The summed E-state index contributed by atoms with van der Waals surface area (Å²) in [7, 11) is -2.66. The molecule has 1 unspecified atom stereocenters. The molecule has 0 aliphatic heterocycles. The molecule has 0 aliphatic rings. The third-order valence-electron chi connectivity index (χ3n) is 4.49. The lowest BCUT2D eigenvalue weighted by Gasteiger charge is -2.13. The molecular weight excluding hydrogens is 412 g/mol. The fourth-order valence-corrected chi connectivity index (χ4v) is 3.82. The van der Waals surface area contributed by atoms with Crippen molar-refractivity contribution in [3.63, 3.8) is 0 Å². The Hall–Kier alpha value is -2.98. The summed E-state index contributed by atoms with van der Waals surface area (Å²) in [5.41, 5.74) is 2.09. The zero-order chi connectivity index (χ0) is 22.6. The van der Waals surface area contributed by atoms with E-state index in [0.29, 0.717) is 11.3 Å². The number of methoxy groups -OCH3 is 1. The smallest absolute Gasteiger partial charge is 0.339 e. The Balaban J connectivity index is 2.03. The Bertz CT molecular complexity index is 1070. The van der Waals surface area contributed by atoms with Gasteiger partial charge in [-0.2, -0.15) is 4.72 Å². The largest absolute Gasteiger partial charge is 0.465 e. The molecule has 0 aliphatic carbocycles. The molecular formula is C20H24N2O7S. The Morgan fingerprint density at radius 2 is 1.70 bits per heavy atom. The number of benzene rings is 1. The van der Waals surface area contributed by atoms with Crippen molar-refractivity contribution in [2.75, 3.05) is 13.7 Å². The van der Waals surface area contributed by atoms with Crippen LogP contribution in [0, 0.1) is 20.8 Å². The Morgan fingerprint density at radius 3 is 2.27 bits per heavy atom. The van der Waals surface area contributed by atoms with E-state index in [2.05, 4.69) is 9.71 Å². The molecule has 1 aromatic heterocycles. The second kappa shape index (κ2) is 9.23. The van der Waals surface area contributed by atoms with Crippen molar-refractivity contribution in [1.29, 1.82) is 0 Å². The number of hydrogen-bond acceptors (Lipinski definition) is 7. The molecule has 9 nitrogen and oxygen atoms in total. The number of aryl methyl sites for hydroxylation is 2. The van der Waals surface area contributed by atoms with Crippen LogP contribution in [-0.4, -0.2) is 50.9 Å². The molecule has 1 heterocycles. The Morgan fingerprint density at radius 1 is 1.10 bits per heavy atom. The summed E-state index contributed by atoms with van der Waals surface area (Å²) in [6.45, 7) is 5.74. The summed E-state index contributed by atoms with van der Waals surface area (Å²) in [5.74, 6) is -2.06. The van der Waals surface area contributed by atoms with E-state index >= 15 is 0 Å². The number of rotatable bonds is 8. The molecule has 1 atom stereocenters. The maximum atomic E-state index is 12.6. The number of H-pyrrole nitrogens is 1. The van der Waals surface area contributed by atoms with Crippen molar-refractivity contribution in [2.24, 2.45) is 0 Å². The molecule has 0 saturated carbocycles. The highest BCUT2D eigenvalue weighted by molar-refractivity contribution is 7.89. The summed E-state index contributed by atoms with van der Waals surface area (Å²) in [5, 5.41) is 0. The van der Waals surface area contributed by atoms with Gasteiger partial charge in [-0.15, -0.1) is 0 Å². The van der Waals surface area contributed by atoms with Gasteiger partial charge in [0.1, 0.15) is 6.54 Å². The van der Waals surface area contributed by atoms with E-state index in [0.717, 1.165) is 5.56 Å². The van der Waals surface area contributed by atoms with Crippen molar-refractivity contribution in [3.05, 3.63) is 52.3 Å². The van der Waals surface area contributed by atoms with Crippen LogP contribution in [0.1, 0.15) is 44.6 Å². The lowest BCUT2D eigenvalue weighted by molar-refractivity contribution is -0.144. The van der Waals surface area contributed by atoms with Crippen molar-refractivity contribution in [2.45, 2.75) is 38.7 Å². The molecule has 0 spiro atoms. The molecule has 0 radical (unpaired) electrons. The average molecular weight is 436 g/mol. The second-order valence-electron chi connectivity index (χ2n) is 6.75. The summed E-state index contributed by atoms with van der Waals surface area (Å²) in [6, 6.07) is 6.11. The van der Waals surface area contributed by atoms with E-state index in [9.17, 15) is 22.8 Å². The zero-order valence-corrected chi connectivity index (χ0v) is 18.2. The number of hydrogen-bond donors (Lipinski definition) is 2. The SMILES string of the molecule is COC(=O)c1c(C)[nH]c(C(=O)C(C)OC(=O)CNS(=O)(=O)c2ccc(C)cc2)c1C. The van der Waals surface area contributed by atoms with E-state index in [1.54, 1.807) is 26.0 Å². The number of Topliss-reactive ketones (excluding diaryl/α,β-unsaturated/α-hetero) is 1. The summed E-state index contributed by atoms with van der Waals surface area (Å²) in [4.78, 5) is 39.4. The van der Waals surface area contributed by atoms with Crippen molar-refractivity contribution in [1.82, 2.24) is 9.71 Å². The minimum Gasteiger partial charge on any atom is -0.465 e. The Labute approximate surface area is 174 Å². The van der Waals surface area contributed by atoms with E-state index in [-0.39, 0.29) is 16.2 Å². The van der Waals surface area contributed by atoms with E-state index < -0.39 is 40.4 Å². The first-order valence-corrected chi connectivity index (χ1v) is 10.5. The molecule has 0 fully saturated rings. The molecule has 0 bridgehead atoms. The van der Waals surface area contributed by atoms with Gasteiger partial charge in [0.15, 0.2) is 6.10 Å². The highest BCUT2D eigenvalue weighted by Gasteiger charge is 2.27. The van der Waals surface area contributed by atoms with Gasteiger partial charge in [-0.05, 0) is 45.4 Å². The highest BCUT2D eigenvalue weighted by Crippen LogP contribution is 2.20. The average Bonchev–Trinajstić information content (AvgIpc) is 2.99. The molecule has 2 aromatic rings. The molecule has 0 amide bonds. The van der Waals surface area contributed by atoms with Crippen LogP contribution < -0.4 is 4.72 Å². The fraction of sp³-hybridized carbons (Fsp3) is 0.350. The van der Waals surface area contributed by atoms with Gasteiger partial charge < -0.3 is 14.5 Å². The van der Waals surface area contributed by atoms with E-state index in [1.807, 2.05) is 6.92 Å². The number of carbonyl (C=O) groups is 3. The molecule has 2 N–H and O–H groups in total. The third kappa shape index (κ3) is 5.14. The summed E-state index contributed by atoms with van der Waals surface area (Å²) in [6.07, 6.45) is -1.19. The monoisotopic (exact) mass is 436 g/mol. The maximum Gasteiger partial charge on any atom is 0.339 e. The van der Waals surface area contributed by atoms with Crippen LogP contribution in [0.2, 0.25) is 0 Å². The van der Waals surface area contributed by atoms with Crippen LogP contribution in [0.5, 0.6) is 0 Å². The van der Waals surface area contributed by atoms with Gasteiger partial charge in [-0.25, -0.2) is 13.2 Å². The molecule has 0 saturated heterocycles. The minimum atomic E-state index is -3.90. The van der Waals surface area contributed by atoms with Gasteiger partial charge >= 0.3 is 11.9 Å². The number of aromatic amines is 1. The number of nitrogens with one attached hydrogen (secondary N) is 2. The molecule has 10 heteroatoms. The van der Waals surface area contributed by atoms with Crippen molar-refractivity contribution < 1.29 is 32.3 Å². The van der Waals surface area contributed by atoms with Crippen molar-refractivity contribution >= 4 is 27.7 Å². The van der Waals surface area contributed by atoms with Crippen LogP contribution in [0.15, 0.2) is 29.2 Å². The number of carbonyl (C=O) groups excluding carboxylic acids is 3. The minimum absolute atomic E-state index is 0.0119. The van der Waals surface area contributed by atoms with Gasteiger partial charge in [-0.3, -0.25) is 9.59 Å². The van der Waals surface area contributed by atoms with Gasteiger partial charge in [0.2, 0.25) is 15.8 Å². The molecule has 30 heavy (non-hydrogen) atoms. The first kappa shape index (κ1) is 23.3. The predicted molar refractivity (Wildman–Crippen MR) is 108 cm³/mol. The van der Waals surface area contributed by atoms with Crippen molar-refractivity contribution in [3.8, 4) is 0 Å². The van der Waals surface area contributed by atoms with Crippen LogP contribution >= 0.6 is 0 Å². The Kier molecular flexibility index (Phi) is 7.16. The van der Waals surface area contributed by atoms with Gasteiger partial charge in [0.05, 0.1) is 23.3 Å². The number of esters is 2. The second-order valence-corrected chi connectivity index (χ2v) is 8.52. The first-order valence-electron chi connectivity index (χ1n) is 9.05. The molecule has 2 rings (SSSR count). The summed E-state index contributed by atoms with van der Waals surface area (Å²) >= 11 is 0. The van der Waals surface area contributed by atoms with Gasteiger partial charge in [-0.1, -0.05) is 17.7 Å². The van der Waals surface area contributed by atoms with Crippen LogP contribution in [0.3, 0.4) is 0 Å². The fourth-order valence-electron chi connectivity index (χ4n) is 2.85. The highest BCUT2D eigenvalue weighted by atomic mass is 32.2. The van der Waals surface area contributed by atoms with Crippen LogP contribution in [0.4, 0.5) is 0 Å². The quantitative estimate of drug-likeness (QED) is 0.476. The lowest BCUT2D eigenvalue weighted by atomic mass is 10.1.